The molecule has 0 aliphatic heterocycles. The number of hydrogen-bond acceptors (Lipinski definition) is 1. The zero-order valence-corrected chi connectivity index (χ0v) is 9.06. The molecule has 1 atom stereocenters. The second-order valence-electron chi connectivity index (χ2n) is 4.12. The van der Waals surface area contributed by atoms with E-state index in [-0.39, 0.29) is 12.0 Å². The average molecular weight is 214 g/mol. The van der Waals surface area contributed by atoms with E-state index in [1.54, 1.807) is 6.92 Å². The summed E-state index contributed by atoms with van der Waals surface area (Å²) >= 11 is 0. The van der Waals surface area contributed by atoms with Crippen molar-refractivity contribution in [2.24, 2.45) is 0 Å². The Hall–Kier alpha value is -0.960. The van der Waals surface area contributed by atoms with Gasteiger partial charge in [0.25, 0.3) is 0 Å². The monoisotopic (exact) mass is 214 g/mol. The summed E-state index contributed by atoms with van der Waals surface area (Å²) in [4.78, 5) is 0. The first-order valence-corrected chi connectivity index (χ1v) is 5.11. The van der Waals surface area contributed by atoms with Crippen molar-refractivity contribution >= 4 is 0 Å². The van der Waals surface area contributed by atoms with Crippen molar-refractivity contribution in [1.29, 1.82) is 0 Å². The highest BCUT2D eigenvalue weighted by molar-refractivity contribution is 5.21. The topological polar surface area (TPSA) is 20.2 Å². The van der Waals surface area contributed by atoms with Gasteiger partial charge in [0.1, 0.15) is 11.6 Å². The van der Waals surface area contributed by atoms with E-state index in [4.69, 9.17) is 0 Å². The molecule has 1 aromatic rings. The van der Waals surface area contributed by atoms with Crippen LogP contribution in [0.5, 0.6) is 0 Å². The van der Waals surface area contributed by atoms with Crippen LogP contribution in [0.2, 0.25) is 0 Å². The summed E-state index contributed by atoms with van der Waals surface area (Å²) in [5.41, 5.74) is -1.08. The number of aliphatic hydroxyl groups is 1. The summed E-state index contributed by atoms with van der Waals surface area (Å²) in [5.74, 6) is -1.18. The van der Waals surface area contributed by atoms with E-state index in [0.717, 1.165) is 6.42 Å². The van der Waals surface area contributed by atoms with Gasteiger partial charge in [-0.05, 0) is 25.5 Å². The van der Waals surface area contributed by atoms with Gasteiger partial charge >= 0.3 is 0 Å². The SMILES string of the molecule is CCCC(C)(O)Cc1c(F)cccc1F. The third-order valence-corrected chi connectivity index (χ3v) is 2.41. The summed E-state index contributed by atoms with van der Waals surface area (Å²) in [6.45, 7) is 3.52. The van der Waals surface area contributed by atoms with E-state index < -0.39 is 17.2 Å². The van der Waals surface area contributed by atoms with Crippen molar-refractivity contribution in [3.8, 4) is 0 Å². The molecule has 0 aliphatic rings. The van der Waals surface area contributed by atoms with Gasteiger partial charge in [-0.2, -0.15) is 0 Å². The molecule has 1 aromatic carbocycles. The Labute approximate surface area is 88.7 Å². The third kappa shape index (κ3) is 3.27. The van der Waals surface area contributed by atoms with Gasteiger partial charge < -0.3 is 5.11 Å². The van der Waals surface area contributed by atoms with E-state index in [1.807, 2.05) is 6.92 Å². The van der Waals surface area contributed by atoms with E-state index in [9.17, 15) is 13.9 Å². The lowest BCUT2D eigenvalue weighted by Gasteiger charge is -2.23. The normalized spacial score (nSPS) is 15.0. The lowest BCUT2D eigenvalue weighted by atomic mass is 9.92. The maximum atomic E-state index is 13.3. The molecule has 3 heteroatoms. The molecule has 0 saturated heterocycles. The van der Waals surface area contributed by atoms with Gasteiger partial charge in [-0.1, -0.05) is 19.4 Å². The largest absolute Gasteiger partial charge is 0.390 e. The van der Waals surface area contributed by atoms with E-state index in [2.05, 4.69) is 0 Å². The molecular weight excluding hydrogens is 198 g/mol. The standard InChI is InChI=1S/C12H16F2O/c1-3-7-12(2,15)8-9-10(13)5-4-6-11(9)14/h4-6,15H,3,7-8H2,1-2H3. The van der Waals surface area contributed by atoms with Crippen LogP contribution in [0.4, 0.5) is 8.78 Å². The number of benzene rings is 1. The first kappa shape index (κ1) is 12.1. The minimum Gasteiger partial charge on any atom is -0.390 e. The maximum Gasteiger partial charge on any atom is 0.129 e. The molecule has 1 rings (SSSR count). The van der Waals surface area contributed by atoms with Crippen LogP contribution in [-0.4, -0.2) is 10.7 Å². The van der Waals surface area contributed by atoms with Crippen LogP contribution in [0.1, 0.15) is 32.3 Å². The summed E-state index contributed by atoms with van der Waals surface area (Å²) in [5, 5.41) is 9.88. The van der Waals surface area contributed by atoms with Gasteiger partial charge in [0.2, 0.25) is 0 Å². The van der Waals surface area contributed by atoms with Crippen molar-refractivity contribution in [1.82, 2.24) is 0 Å². The molecule has 0 aromatic heterocycles. The molecule has 84 valence electrons. The number of halogens is 2. The van der Waals surface area contributed by atoms with Crippen LogP contribution in [0.3, 0.4) is 0 Å². The fourth-order valence-electron chi connectivity index (χ4n) is 1.71. The van der Waals surface area contributed by atoms with Crippen molar-refractivity contribution < 1.29 is 13.9 Å². The first-order valence-electron chi connectivity index (χ1n) is 5.11. The number of hydrogen-bond donors (Lipinski definition) is 1. The smallest absolute Gasteiger partial charge is 0.129 e. The molecule has 0 amide bonds. The molecular formula is C12H16F2O. The molecule has 0 saturated carbocycles. The van der Waals surface area contributed by atoms with E-state index in [0.29, 0.717) is 6.42 Å². The van der Waals surface area contributed by atoms with Crippen molar-refractivity contribution in [3.63, 3.8) is 0 Å². The Morgan fingerprint density at radius 3 is 2.27 bits per heavy atom. The average Bonchev–Trinajstić information content (AvgIpc) is 2.11. The predicted octanol–water partition coefficient (Wildman–Crippen LogP) is 3.06. The molecule has 0 aliphatic carbocycles. The van der Waals surface area contributed by atoms with Crippen molar-refractivity contribution in [2.45, 2.75) is 38.7 Å². The Kier molecular flexibility index (Phi) is 3.80. The van der Waals surface area contributed by atoms with E-state index in [1.165, 1.54) is 18.2 Å². The van der Waals surface area contributed by atoms with Gasteiger partial charge in [-0.15, -0.1) is 0 Å². The Balaban J connectivity index is 2.89. The first-order chi connectivity index (χ1) is 6.96. The summed E-state index contributed by atoms with van der Waals surface area (Å²) in [6.07, 6.45) is 1.32. The molecule has 0 heterocycles. The van der Waals surface area contributed by atoms with Crippen LogP contribution in [0.15, 0.2) is 18.2 Å². The maximum absolute atomic E-state index is 13.3. The van der Waals surface area contributed by atoms with Crippen LogP contribution < -0.4 is 0 Å². The lowest BCUT2D eigenvalue weighted by Crippen LogP contribution is -2.27. The highest BCUT2D eigenvalue weighted by atomic mass is 19.1. The molecule has 1 nitrogen and oxygen atoms in total. The molecule has 0 spiro atoms. The molecule has 0 radical (unpaired) electrons. The van der Waals surface area contributed by atoms with Gasteiger partial charge in [0, 0.05) is 12.0 Å². The molecule has 0 fully saturated rings. The summed E-state index contributed by atoms with van der Waals surface area (Å²) < 4.78 is 26.5. The van der Waals surface area contributed by atoms with Crippen LogP contribution >= 0.6 is 0 Å². The second kappa shape index (κ2) is 4.71. The zero-order valence-electron chi connectivity index (χ0n) is 9.06. The van der Waals surface area contributed by atoms with Gasteiger partial charge in [-0.25, -0.2) is 8.78 Å². The fraction of sp³-hybridized carbons (Fsp3) is 0.500. The molecule has 1 unspecified atom stereocenters. The summed E-state index contributed by atoms with van der Waals surface area (Å²) in [6, 6.07) is 3.74. The van der Waals surface area contributed by atoms with Crippen molar-refractivity contribution in [3.05, 3.63) is 35.4 Å². The molecule has 0 bridgehead atoms. The second-order valence-corrected chi connectivity index (χ2v) is 4.12. The fourth-order valence-corrected chi connectivity index (χ4v) is 1.71. The van der Waals surface area contributed by atoms with Gasteiger partial charge in [-0.3, -0.25) is 0 Å². The Bertz CT molecular complexity index is 314. The van der Waals surface area contributed by atoms with E-state index >= 15 is 0 Å². The highest BCUT2D eigenvalue weighted by Crippen LogP contribution is 2.22. The predicted molar refractivity (Wildman–Crippen MR) is 55.6 cm³/mol. The zero-order chi connectivity index (χ0) is 11.5. The Morgan fingerprint density at radius 2 is 1.80 bits per heavy atom. The van der Waals surface area contributed by atoms with Gasteiger partial charge in [0.05, 0.1) is 5.60 Å². The van der Waals surface area contributed by atoms with Crippen LogP contribution in [0, 0.1) is 11.6 Å². The third-order valence-electron chi connectivity index (χ3n) is 2.41. The molecule has 15 heavy (non-hydrogen) atoms. The minimum absolute atomic E-state index is 0.0132. The Morgan fingerprint density at radius 1 is 1.27 bits per heavy atom. The lowest BCUT2D eigenvalue weighted by molar-refractivity contribution is 0.0487. The summed E-state index contributed by atoms with van der Waals surface area (Å²) in [7, 11) is 0. The number of rotatable bonds is 4. The van der Waals surface area contributed by atoms with Crippen molar-refractivity contribution in [2.75, 3.05) is 0 Å². The van der Waals surface area contributed by atoms with Crippen LogP contribution in [0.25, 0.3) is 0 Å². The highest BCUT2D eigenvalue weighted by Gasteiger charge is 2.23. The quantitative estimate of drug-likeness (QED) is 0.816. The van der Waals surface area contributed by atoms with Crippen LogP contribution in [-0.2, 0) is 6.42 Å². The minimum atomic E-state index is -1.04. The van der Waals surface area contributed by atoms with Gasteiger partial charge in [0.15, 0.2) is 0 Å². The molecule has 1 N–H and O–H groups in total.